The van der Waals surface area contributed by atoms with Crippen molar-refractivity contribution in [3.63, 3.8) is 0 Å². The lowest BCUT2D eigenvalue weighted by atomic mass is 10.0. The zero-order valence-electron chi connectivity index (χ0n) is 24.9. The lowest BCUT2D eigenvalue weighted by Crippen LogP contribution is -2.20. The van der Waals surface area contributed by atoms with Crippen molar-refractivity contribution in [1.82, 2.24) is 4.98 Å². The van der Waals surface area contributed by atoms with Crippen LogP contribution in [0.25, 0.3) is 25.5 Å². The number of aromatic nitrogens is 1. The van der Waals surface area contributed by atoms with E-state index < -0.39 is 11.9 Å². The molecule has 0 unspecified atom stereocenters. The fourth-order valence-corrected chi connectivity index (χ4v) is 8.28. The van der Waals surface area contributed by atoms with Gasteiger partial charge in [-0.3, -0.25) is 10.4 Å². The minimum atomic E-state index is -4.74. The molecule has 8 heteroatoms. The maximum atomic E-state index is 13.0. The van der Waals surface area contributed by atoms with Gasteiger partial charge in [0.2, 0.25) is 0 Å². The summed E-state index contributed by atoms with van der Waals surface area (Å²) in [6.07, 6.45) is 15.4. The number of hydrogen-bond acceptors (Lipinski definition) is 5. The molecule has 3 heterocycles. The Kier molecular flexibility index (Phi) is 13.4. The van der Waals surface area contributed by atoms with Gasteiger partial charge in [-0.25, -0.2) is 0 Å². The largest absolute Gasteiger partial charge is 0.432 e. The molecule has 0 aromatic carbocycles. The molecule has 0 saturated heterocycles. The van der Waals surface area contributed by atoms with Crippen molar-refractivity contribution in [1.29, 1.82) is 5.41 Å². The summed E-state index contributed by atoms with van der Waals surface area (Å²) >= 11 is 3.81. The van der Waals surface area contributed by atoms with E-state index in [2.05, 4.69) is 25.8 Å². The molecular weight excluding hydrogens is 560 g/mol. The maximum absolute atomic E-state index is 13.0. The highest BCUT2D eigenvalue weighted by Gasteiger charge is 2.33. The van der Waals surface area contributed by atoms with Crippen molar-refractivity contribution in [2.75, 3.05) is 0 Å². The minimum Gasteiger partial charge on any atom is -0.397 e. The molecule has 41 heavy (non-hydrogen) atoms. The Labute approximate surface area is 252 Å². The van der Waals surface area contributed by atoms with Crippen LogP contribution in [-0.4, -0.2) is 16.9 Å². The van der Waals surface area contributed by atoms with Crippen LogP contribution in [0.15, 0.2) is 24.4 Å². The van der Waals surface area contributed by atoms with E-state index in [1.54, 1.807) is 17.1 Å². The summed E-state index contributed by atoms with van der Waals surface area (Å²) < 4.78 is 41.7. The van der Waals surface area contributed by atoms with Crippen LogP contribution >= 0.6 is 22.7 Å². The second kappa shape index (κ2) is 16.4. The van der Waals surface area contributed by atoms with Crippen molar-refractivity contribution in [3.05, 3.63) is 46.1 Å². The predicted molar refractivity (Wildman–Crippen MR) is 172 cm³/mol. The summed E-state index contributed by atoms with van der Waals surface area (Å²) in [7, 11) is 0. The third-order valence-corrected chi connectivity index (χ3v) is 10.4. The van der Waals surface area contributed by atoms with Crippen LogP contribution in [0.3, 0.4) is 0 Å². The third kappa shape index (κ3) is 9.40. The molecule has 0 spiro atoms. The van der Waals surface area contributed by atoms with Gasteiger partial charge in [-0.2, -0.15) is 13.2 Å². The highest BCUT2D eigenvalue weighted by molar-refractivity contribution is 7.30. The van der Waals surface area contributed by atoms with E-state index in [1.807, 2.05) is 28.7 Å². The quantitative estimate of drug-likeness (QED) is 0.112. The molecular formula is C33H46F3N3S2. The molecule has 226 valence electrons. The highest BCUT2D eigenvalue weighted by Crippen LogP contribution is 2.47. The number of nitrogens with zero attached hydrogens (tertiary/aromatic N) is 1. The second-order valence-corrected chi connectivity index (χ2v) is 13.1. The summed E-state index contributed by atoms with van der Waals surface area (Å²) in [6.45, 7) is 6.72. The highest BCUT2D eigenvalue weighted by atomic mass is 32.1. The summed E-state index contributed by atoms with van der Waals surface area (Å²) in [5.41, 5.74) is 8.46. The van der Waals surface area contributed by atoms with E-state index in [-0.39, 0.29) is 11.4 Å². The van der Waals surface area contributed by atoms with Gasteiger partial charge >= 0.3 is 6.18 Å². The van der Waals surface area contributed by atoms with E-state index in [9.17, 15) is 13.2 Å². The van der Waals surface area contributed by atoms with E-state index in [1.165, 1.54) is 96.0 Å². The normalized spacial score (nSPS) is 12.5. The SMILES string of the molecule is CCCCCCc1sc2c(CCCCCC)c(-c3ccnc(/C(N)=C/C(=N)C(F)(F)F)c3)sc2c1CCCCCC. The number of nitrogens with one attached hydrogen (secondary N) is 1. The predicted octanol–water partition coefficient (Wildman–Crippen LogP) is 11.3. The first-order chi connectivity index (χ1) is 19.7. The number of thiophene rings is 2. The number of alkyl halides is 3. The first-order valence-corrected chi connectivity index (χ1v) is 17.0. The molecule has 0 amide bonds. The summed E-state index contributed by atoms with van der Waals surface area (Å²) in [4.78, 5) is 6.97. The zero-order valence-corrected chi connectivity index (χ0v) is 26.5. The Morgan fingerprint density at radius 2 is 1.39 bits per heavy atom. The van der Waals surface area contributed by atoms with Gasteiger partial charge in [0, 0.05) is 25.4 Å². The van der Waals surface area contributed by atoms with Gasteiger partial charge in [-0.05, 0) is 73.4 Å². The van der Waals surface area contributed by atoms with Crippen molar-refractivity contribution < 1.29 is 13.2 Å². The molecule has 3 nitrogen and oxygen atoms in total. The van der Waals surface area contributed by atoms with Gasteiger partial charge in [0.05, 0.1) is 11.4 Å². The monoisotopic (exact) mass is 605 g/mol. The van der Waals surface area contributed by atoms with Crippen LogP contribution in [-0.2, 0) is 19.3 Å². The Morgan fingerprint density at radius 1 is 0.829 bits per heavy atom. The van der Waals surface area contributed by atoms with Crippen LogP contribution in [0.4, 0.5) is 13.2 Å². The molecule has 3 aromatic heterocycles. The fraction of sp³-hybridized carbons (Fsp3) is 0.576. The van der Waals surface area contributed by atoms with Crippen molar-refractivity contribution >= 4 is 43.5 Å². The lowest BCUT2D eigenvalue weighted by molar-refractivity contribution is -0.0583. The van der Waals surface area contributed by atoms with Crippen LogP contribution in [0.1, 0.15) is 120 Å². The average molecular weight is 606 g/mol. The smallest absolute Gasteiger partial charge is 0.397 e. The van der Waals surface area contributed by atoms with E-state index in [4.69, 9.17) is 11.1 Å². The molecule has 0 aliphatic carbocycles. The Morgan fingerprint density at radius 3 is 1.98 bits per heavy atom. The van der Waals surface area contributed by atoms with Crippen LogP contribution in [0, 0.1) is 5.41 Å². The molecule has 0 bridgehead atoms. The third-order valence-electron chi connectivity index (χ3n) is 7.54. The van der Waals surface area contributed by atoms with Gasteiger partial charge in [0.15, 0.2) is 0 Å². The molecule has 3 N–H and O–H groups in total. The van der Waals surface area contributed by atoms with E-state index >= 15 is 0 Å². The first kappa shape index (κ1) is 33.3. The molecule has 3 aromatic rings. The Balaban J connectivity index is 2.05. The number of rotatable bonds is 18. The summed E-state index contributed by atoms with van der Waals surface area (Å²) in [5, 5.41) is 7.33. The van der Waals surface area contributed by atoms with Crippen molar-refractivity contribution in [2.45, 2.75) is 123 Å². The van der Waals surface area contributed by atoms with E-state index in [0.717, 1.165) is 31.2 Å². The van der Waals surface area contributed by atoms with Crippen LogP contribution in [0.5, 0.6) is 0 Å². The number of halogens is 3. The molecule has 0 fully saturated rings. The van der Waals surface area contributed by atoms with Crippen molar-refractivity contribution in [2.24, 2.45) is 5.73 Å². The van der Waals surface area contributed by atoms with E-state index in [0.29, 0.717) is 6.08 Å². The average Bonchev–Trinajstić information content (AvgIpc) is 3.47. The Bertz CT molecular complexity index is 1290. The molecule has 0 aliphatic heterocycles. The fourth-order valence-electron chi connectivity index (χ4n) is 5.19. The number of aryl methyl sites for hydroxylation is 3. The van der Waals surface area contributed by atoms with Gasteiger partial charge in [0.25, 0.3) is 0 Å². The summed E-state index contributed by atoms with van der Waals surface area (Å²) in [5.74, 6) is 0. The van der Waals surface area contributed by atoms with Crippen molar-refractivity contribution in [3.8, 4) is 10.4 Å². The topological polar surface area (TPSA) is 62.8 Å². The van der Waals surface area contributed by atoms with Gasteiger partial charge < -0.3 is 5.73 Å². The number of allylic oxidation sites excluding steroid dienone is 1. The van der Waals surface area contributed by atoms with Gasteiger partial charge in [-0.15, -0.1) is 22.7 Å². The Hall–Kier alpha value is -2.19. The maximum Gasteiger partial charge on any atom is 0.432 e. The number of hydrogen-bond donors (Lipinski definition) is 2. The molecule has 0 saturated carbocycles. The molecule has 3 rings (SSSR count). The van der Waals surface area contributed by atoms with Gasteiger partial charge in [0.1, 0.15) is 5.71 Å². The van der Waals surface area contributed by atoms with Gasteiger partial charge in [-0.1, -0.05) is 78.6 Å². The number of nitrogens with two attached hydrogens (primary N) is 1. The number of pyridine rings is 1. The van der Waals surface area contributed by atoms with Crippen LogP contribution in [0.2, 0.25) is 0 Å². The lowest BCUT2D eigenvalue weighted by Gasteiger charge is -2.09. The summed E-state index contributed by atoms with van der Waals surface area (Å²) in [6, 6.07) is 3.72. The molecule has 0 aliphatic rings. The molecule has 0 radical (unpaired) electrons. The number of fused-ring (bicyclic) bond motifs is 1. The first-order valence-electron chi connectivity index (χ1n) is 15.4. The second-order valence-electron chi connectivity index (χ2n) is 10.9. The zero-order chi connectivity index (χ0) is 29.8. The number of unbranched alkanes of at least 4 members (excludes halogenated alkanes) is 9. The molecule has 0 atom stereocenters. The standard InChI is InChI=1S/C33H46F3N3S2/c1-4-7-10-13-16-24-28(18-15-12-9-6-3)40-32-25(17-14-11-8-5-2)30(41-31(24)32)23-19-20-39-27(21-23)26(37)22-29(38)33(34,35)36/h19-22,38H,4-18,37H2,1-3H3/b26-22-,38-29?. The van der Waals surface area contributed by atoms with Crippen LogP contribution < -0.4 is 5.73 Å². The minimum absolute atomic E-state index is 0.150.